The molecule has 0 atom stereocenters. The summed E-state index contributed by atoms with van der Waals surface area (Å²) in [5.41, 5.74) is 3.15. The molecule has 1 heterocycles. The minimum Gasteiger partial charge on any atom is -0.506 e. The number of amides is 1. The summed E-state index contributed by atoms with van der Waals surface area (Å²) in [5, 5.41) is 16.2. The average molecular weight is 431 g/mol. The molecule has 0 saturated carbocycles. The standard InChI is InChI=1S/C24H19ClN4O2/c1-15-26-20(16-6-3-2-4-7-16)14-23(27-15)28-19-9-5-8-17(12-19)24(31)29-21-13-18(25)10-11-22(21)30/h2-14,30H,1H3,(H,29,31)(H,26,27,28). The Morgan fingerprint density at radius 2 is 1.74 bits per heavy atom. The second-order valence-electron chi connectivity index (χ2n) is 6.87. The number of halogens is 1. The summed E-state index contributed by atoms with van der Waals surface area (Å²) in [7, 11) is 0. The predicted octanol–water partition coefficient (Wildman–Crippen LogP) is 5.81. The lowest BCUT2D eigenvalue weighted by Crippen LogP contribution is -2.12. The maximum absolute atomic E-state index is 12.7. The van der Waals surface area contributed by atoms with E-state index < -0.39 is 0 Å². The fraction of sp³-hybridized carbons (Fsp3) is 0.0417. The van der Waals surface area contributed by atoms with Gasteiger partial charge < -0.3 is 15.7 Å². The Kier molecular flexibility index (Phi) is 5.82. The van der Waals surface area contributed by atoms with E-state index in [1.54, 1.807) is 24.3 Å². The van der Waals surface area contributed by atoms with Crippen molar-refractivity contribution >= 4 is 34.7 Å². The third-order valence-corrected chi connectivity index (χ3v) is 4.75. The van der Waals surface area contributed by atoms with Gasteiger partial charge in [-0.15, -0.1) is 0 Å². The van der Waals surface area contributed by atoms with Gasteiger partial charge in [0.1, 0.15) is 17.4 Å². The van der Waals surface area contributed by atoms with Crippen molar-refractivity contribution in [2.24, 2.45) is 0 Å². The number of aromatic nitrogens is 2. The van der Waals surface area contributed by atoms with Crippen LogP contribution in [0, 0.1) is 6.92 Å². The molecule has 0 aliphatic carbocycles. The number of rotatable bonds is 5. The first-order valence-electron chi connectivity index (χ1n) is 9.56. The van der Waals surface area contributed by atoms with E-state index in [1.807, 2.05) is 49.4 Å². The molecule has 7 heteroatoms. The number of anilines is 3. The van der Waals surface area contributed by atoms with Crippen LogP contribution in [0.5, 0.6) is 5.75 Å². The van der Waals surface area contributed by atoms with Crippen molar-refractivity contribution in [2.45, 2.75) is 6.92 Å². The second-order valence-corrected chi connectivity index (χ2v) is 7.31. The van der Waals surface area contributed by atoms with E-state index in [0.29, 0.717) is 27.9 Å². The van der Waals surface area contributed by atoms with Crippen LogP contribution in [-0.4, -0.2) is 21.0 Å². The number of nitrogens with zero attached hydrogens (tertiary/aromatic N) is 2. The quantitative estimate of drug-likeness (QED) is 0.348. The van der Waals surface area contributed by atoms with Gasteiger partial charge in [-0.05, 0) is 43.3 Å². The van der Waals surface area contributed by atoms with Gasteiger partial charge in [-0.3, -0.25) is 4.79 Å². The van der Waals surface area contributed by atoms with Crippen LogP contribution in [0.4, 0.5) is 17.2 Å². The number of benzene rings is 3. The molecule has 3 aromatic carbocycles. The van der Waals surface area contributed by atoms with Crippen LogP contribution in [-0.2, 0) is 0 Å². The van der Waals surface area contributed by atoms with Gasteiger partial charge in [0.15, 0.2) is 0 Å². The first-order chi connectivity index (χ1) is 15.0. The molecule has 4 rings (SSSR count). The van der Waals surface area contributed by atoms with Gasteiger partial charge in [0.2, 0.25) is 0 Å². The van der Waals surface area contributed by atoms with Crippen LogP contribution in [0.3, 0.4) is 0 Å². The fourth-order valence-corrected chi connectivity index (χ4v) is 3.25. The first-order valence-corrected chi connectivity index (χ1v) is 9.94. The lowest BCUT2D eigenvalue weighted by molar-refractivity contribution is 0.102. The van der Waals surface area contributed by atoms with Crippen molar-refractivity contribution in [3.05, 3.63) is 95.3 Å². The Hall–Kier alpha value is -3.90. The van der Waals surface area contributed by atoms with Crippen molar-refractivity contribution in [3.63, 3.8) is 0 Å². The third kappa shape index (κ3) is 4.99. The monoisotopic (exact) mass is 430 g/mol. The third-order valence-electron chi connectivity index (χ3n) is 4.51. The zero-order valence-corrected chi connectivity index (χ0v) is 17.4. The number of nitrogens with one attached hydrogen (secondary N) is 2. The van der Waals surface area contributed by atoms with E-state index in [2.05, 4.69) is 20.6 Å². The lowest BCUT2D eigenvalue weighted by atomic mass is 10.1. The van der Waals surface area contributed by atoms with Gasteiger partial charge in [0.05, 0.1) is 11.4 Å². The number of phenols is 1. The molecule has 0 spiro atoms. The predicted molar refractivity (Wildman–Crippen MR) is 123 cm³/mol. The molecule has 0 aliphatic heterocycles. The Morgan fingerprint density at radius 3 is 2.55 bits per heavy atom. The molecular formula is C24H19ClN4O2. The number of hydrogen-bond donors (Lipinski definition) is 3. The minimum atomic E-state index is -0.370. The number of hydrogen-bond acceptors (Lipinski definition) is 5. The second kappa shape index (κ2) is 8.85. The molecule has 154 valence electrons. The number of aryl methyl sites for hydroxylation is 1. The molecule has 1 amide bonds. The molecule has 0 saturated heterocycles. The van der Waals surface area contributed by atoms with E-state index in [-0.39, 0.29) is 17.3 Å². The summed E-state index contributed by atoms with van der Waals surface area (Å²) in [5.74, 6) is 0.826. The minimum absolute atomic E-state index is 0.0584. The number of carbonyl (C=O) groups is 1. The summed E-state index contributed by atoms with van der Waals surface area (Å²) in [6.07, 6.45) is 0. The topological polar surface area (TPSA) is 87.1 Å². The van der Waals surface area contributed by atoms with Crippen molar-refractivity contribution < 1.29 is 9.90 Å². The van der Waals surface area contributed by atoms with E-state index in [1.165, 1.54) is 12.1 Å². The Labute approximate surface area is 184 Å². The molecule has 6 nitrogen and oxygen atoms in total. The van der Waals surface area contributed by atoms with Crippen LogP contribution in [0.1, 0.15) is 16.2 Å². The molecule has 3 N–H and O–H groups in total. The summed E-state index contributed by atoms with van der Waals surface area (Å²) in [4.78, 5) is 21.6. The van der Waals surface area contributed by atoms with Gasteiger partial charge in [0, 0.05) is 27.9 Å². The Morgan fingerprint density at radius 1 is 0.935 bits per heavy atom. The van der Waals surface area contributed by atoms with Gasteiger partial charge in [-0.1, -0.05) is 48.0 Å². The Bertz CT molecular complexity index is 1250. The van der Waals surface area contributed by atoms with Crippen LogP contribution < -0.4 is 10.6 Å². The van der Waals surface area contributed by atoms with E-state index in [0.717, 1.165) is 11.3 Å². The molecule has 1 aromatic heterocycles. The van der Waals surface area contributed by atoms with E-state index in [4.69, 9.17) is 11.6 Å². The molecule has 0 bridgehead atoms. The summed E-state index contributed by atoms with van der Waals surface area (Å²) < 4.78 is 0. The zero-order chi connectivity index (χ0) is 21.8. The van der Waals surface area contributed by atoms with Crippen molar-refractivity contribution in [1.82, 2.24) is 9.97 Å². The smallest absolute Gasteiger partial charge is 0.255 e. The maximum Gasteiger partial charge on any atom is 0.255 e. The van der Waals surface area contributed by atoms with Crippen LogP contribution in [0.2, 0.25) is 5.02 Å². The lowest BCUT2D eigenvalue weighted by Gasteiger charge is -2.11. The van der Waals surface area contributed by atoms with E-state index in [9.17, 15) is 9.90 Å². The molecule has 4 aromatic rings. The highest BCUT2D eigenvalue weighted by atomic mass is 35.5. The normalized spacial score (nSPS) is 10.5. The highest BCUT2D eigenvalue weighted by molar-refractivity contribution is 6.31. The summed E-state index contributed by atoms with van der Waals surface area (Å²) in [6.45, 7) is 1.83. The first kappa shape index (κ1) is 20.4. The molecule has 0 aliphatic rings. The van der Waals surface area contributed by atoms with E-state index >= 15 is 0 Å². The highest BCUT2D eigenvalue weighted by Gasteiger charge is 2.11. The SMILES string of the molecule is Cc1nc(Nc2cccc(C(=O)Nc3cc(Cl)ccc3O)c2)cc(-c2ccccc2)n1. The summed E-state index contributed by atoms with van der Waals surface area (Å²) >= 11 is 5.95. The van der Waals surface area contributed by atoms with Gasteiger partial charge in [0.25, 0.3) is 5.91 Å². The molecule has 0 fully saturated rings. The maximum atomic E-state index is 12.7. The fourth-order valence-electron chi connectivity index (χ4n) is 3.08. The largest absolute Gasteiger partial charge is 0.506 e. The highest BCUT2D eigenvalue weighted by Crippen LogP contribution is 2.27. The molecule has 31 heavy (non-hydrogen) atoms. The van der Waals surface area contributed by atoms with Crippen LogP contribution in [0.25, 0.3) is 11.3 Å². The van der Waals surface area contributed by atoms with Crippen molar-refractivity contribution in [3.8, 4) is 17.0 Å². The average Bonchev–Trinajstić information content (AvgIpc) is 2.76. The van der Waals surface area contributed by atoms with Crippen molar-refractivity contribution in [2.75, 3.05) is 10.6 Å². The summed E-state index contributed by atoms with van der Waals surface area (Å²) in [6, 6.07) is 23.2. The van der Waals surface area contributed by atoms with Gasteiger partial charge in [-0.25, -0.2) is 9.97 Å². The van der Waals surface area contributed by atoms with Crippen LogP contribution in [0.15, 0.2) is 78.9 Å². The zero-order valence-electron chi connectivity index (χ0n) is 16.6. The molecule has 0 radical (unpaired) electrons. The van der Waals surface area contributed by atoms with Gasteiger partial charge >= 0.3 is 0 Å². The van der Waals surface area contributed by atoms with Crippen LogP contribution >= 0.6 is 11.6 Å². The van der Waals surface area contributed by atoms with Gasteiger partial charge in [-0.2, -0.15) is 0 Å². The van der Waals surface area contributed by atoms with Crippen molar-refractivity contribution in [1.29, 1.82) is 0 Å². The molecular weight excluding hydrogens is 412 g/mol. The molecule has 0 unspecified atom stereocenters. The Balaban J connectivity index is 1.56. The number of phenolic OH excluding ortho intramolecular Hbond substituents is 1. The number of aromatic hydroxyl groups is 1. The number of carbonyl (C=O) groups excluding carboxylic acids is 1.